The molecule has 1 amide bonds. The summed E-state index contributed by atoms with van der Waals surface area (Å²) in [5.74, 6) is -1.58. The molecule has 1 unspecified atom stereocenters. The fourth-order valence-electron chi connectivity index (χ4n) is 1.85. The first-order valence-electron chi connectivity index (χ1n) is 6.77. The minimum atomic E-state index is -1.23. The van der Waals surface area contributed by atoms with E-state index >= 15 is 0 Å². The summed E-state index contributed by atoms with van der Waals surface area (Å²) < 4.78 is 0. The molecule has 3 N–H and O–H groups in total. The summed E-state index contributed by atoms with van der Waals surface area (Å²) in [5, 5.41) is 19.8. The van der Waals surface area contributed by atoms with E-state index in [0.29, 0.717) is 6.42 Å². The van der Waals surface area contributed by atoms with E-state index in [4.69, 9.17) is 10.2 Å². The summed E-state index contributed by atoms with van der Waals surface area (Å²) in [6, 6.07) is 7.02. The number of benzene rings is 1. The number of hydrogen-bond acceptors (Lipinski definition) is 3. The fourth-order valence-corrected chi connectivity index (χ4v) is 1.85. The Balaban J connectivity index is 2.32. The Hall–Kier alpha value is -1.88. The number of aliphatic carboxylic acids is 1. The molecule has 110 valence electrons. The van der Waals surface area contributed by atoms with Crippen molar-refractivity contribution in [2.75, 3.05) is 6.61 Å². The molecule has 1 aromatic carbocycles. The molecule has 0 aromatic heterocycles. The zero-order valence-corrected chi connectivity index (χ0v) is 11.6. The molecule has 0 spiro atoms. The van der Waals surface area contributed by atoms with E-state index in [1.54, 1.807) is 0 Å². The van der Waals surface area contributed by atoms with E-state index in [0.717, 1.165) is 18.4 Å². The van der Waals surface area contributed by atoms with Gasteiger partial charge in [-0.25, -0.2) is 4.79 Å². The van der Waals surface area contributed by atoms with Crippen molar-refractivity contribution in [2.45, 2.75) is 38.6 Å². The maximum atomic E-state index is 11.5. The van der Waals surface area contributed by atoms with Crippen molar-refractivity contribution in [3.63, 3.8) is 0 Å². The number of carbonyl (C=O) groups is 2. The Morgan fingerprint density at radius 1 is 1.20 bits per heavy atom. The van der Waals surface area contributed by atoms with Crippen molar-refractivity contribution in [3.05, 3.63) is 35.4 Å². The Bertz CT molecular complexity index is 442. The van der Waals surface area contributed by atoms with Gasteiger partial charge in [0.2, 0.25) is 5.91 Å². The van der Waals surface area contributed by atoms with Crippen LogP contribution in [0, 0.1) is 0 Å². The smallest absolute Gasteiger partial charge is 0.328 e. The third kappa shape index (κ3) is 5.40. The van der Waals surface area contributed by atoms with Crippen LogP contribution in [0.2, 0.25) is 0 Å². The van der Waals surface area contributed by atoms with Crippen molar-refractivity contribution < 1.29 is 19.8 Å². The zero-order valence-electron chi connectivity index (χ0n) is 11.6. The molecular formula is C15H21NO4. The van der Waals surface area contributed by atoms with E-state index < -0.39 is 18.6 Å². The lowest BCUT2D eigenvalue weighted by atomic mass is 10.0. The number of nitrogens with one attached hydrogen (secondary N) is 1. The van der Waals surface area contributed by atoms with Crippen LogP contribution in [0.15, 0.2) is 24.3 Å². The molecule has 0 bridgehead atoms. The lowest BCUT2D eigenvalue weighted by molar-refractivity contribution is -0.142. The minimum Gasteiger partial charge on any atom is -0.480 e. The van der Waals surface area contributed by atoms with Gasteiger partial charge in [-0.2, -0.15) is 0 Å². The largest absolute Gasteiger partial charge is 0.480 e. The van der Waals surface area contributed by atoms with E-state index in [9.17, 15) is 9.59 Å². The molecule has 0 saturated heterocycles. The van der Waals surface area contributed by atoms with Gasteiger partial charge in [-0.05, 0) is 30.4 Å². The van der Waals surface area contributed by atoms with Crippen LogP contribution in [0.3, 0.4) is 0 Å². The van der Waals surface area contributed by atoms with Crippen LogP contribution in [0.1, 0.15) is 30.9 Å². The zero-order chi connectivity index (χ0) is 15.0. The molecule has 20 heavy (non-hydrogen) atoms. The molecule has 1 aromatic rings. The van der Waals surface area contributed by atoms with Crippen LogP contribution < -0.4 is 5.32 Å². The Labute approximate surface area is 118 Å². The Morgan fingerprint density at radius 3 is 2.30 bits per heavy atom. The van der Waals surface area contributed by atoms with Gasteiger partial charge in [-0.1, -0.05) is 31.2 Å². The maximum absolute atomic E-state index is 11.5. The number of hydrogen-bond donors (Lipinski definition) is 3. The van der Waals surface area contributed by atoms with Crippen LogP contribution in [0.5, 0.6) is 0 Å². The number of amides is 1. The van der Waals surface area contributed by atoms with Gasteiger partial charge in [0.1, 0.15) is 6.04 Å². The van der Waals surface area contributed by atoms with E-state index in [2.05, 4.69) is 24.4 Å². The third-order valence-corrected chi connectivity index (χ3v) is 3.12. The standard InChI is InChI=1S/C15H21NO4/c1-2-11-6-8-12(9-7-11)4-3-5-14(18)16-13(10-17)15(19)20/h6-9,13,17H,2-5,10H2,1H3,(H,16,18)(H,19,20). The second-order valence-electron chi connectivity index (χ2n) is 4.66. The SMILES string of the molecule is CCc1ccc(CCCC(=O)NC(CO)C(=O)O)cc1. The number of aryl methyl sites for hydroxylation is 2. The number of rotatable bonds is 8. The predicted molar refractivity (Wildman–Crippen MR) is 75.4 cm³/mol. The molecule has 1 atom stereocenters. The average Bonchev–Trinajstić information content (AvgIpc) is 2.45. The van der Waals surface area contributed by atoms with E-state index in [-0.39, 0.29) is 12.3 Å². The molecule has 5 nitrogen and oxygen atoms in total. The number of aliphatic hydroxyl groups is 1. The summed E-state index contributed by atoms with van der Waals surface area (Å²) in [7, 11) is 0. The lowest BCUT2D eigenvalue weighted by Crippen LogP contribution is -2.43. The summed E-state index contributed by atoms with van der Waals surface area (Å²) in [6.07, 6.45) is 2.67. The molecule has 0 aliphatic heterocycles. The van der Waals surface area contributed by atoms with Crippen LogP contribution in [-0.2, 0) is 22.4 Å². The Morgan fingerprint density at radius 2 is 1.80 bits per heavy atom. The number of aliphatic hydroxyl groups excluding tert-OH is 1. The van der Waals surface area contributed by atoms with Crippen molar-refractivity contribution in [2.24, 2.45) is 0 Å². The van der Waals surface area contributed by atoms with Crippen LogP contribution >= 0.6 is 0 Å². The van der Waals surface area contributed by atoms with Crippen LogP contribution in [0.25, 0.3) is 0 Å². The summed E-state index contributed by atoms with van der Waals surface area (Å²) in [6.45, 7) is 1.50. The normalized spacial score (nSPS) is 11.9. The van der Waals surface area contributed by atoms with Crippen molar-refractivity contribution in [1.82, 2.24) is 5.32 Å². The minimum absolute atomic E-state index is 0.249. The van der Waals surface area contributed by atoms with E-state index in [1.807, 2.05) is 12.1 Å². The molecular weight excluding hydrogens is 258 g/mol. The molecule has 0 heterocycles. The highest BCUT2D eigenvalue weighted by Crippen LogP contribution is 2.08. The molecule has 0 aliphatic carbocycles. The first kappa shape index (κ1) is 16.2. The van der Waals surface area contributed by atoms with Crippen molar-refractivity contribution in [1.29, 1.82) is 0 Å². The van der Waals surface area contributed by atoms with Gasteiger partial charge in [0.05, 0.1) is 6.61 Å². The van der Waals surface area contributed by atoms with Gasteiger partial charge in [0, 0.05) is 6.42 Å². The average molecular weight is 279 g/mol. The van der Waals surface area contributed by atoms with Crippen LogP contribution in [-0.4, -0.2) is 34.7 Å². The summed E-state index contributed by atoms with van der Waals surface area (Å²) in [4.78, 5) is 22.2. The highest BCUT2D eigenvalue weighted by atomic mass is 16.4. The highest BCUT2D eigenvalue weighted by Gasteiger charge is 2.18. The first-order chi connectivity index (χ1) is 9.56. The van der Waals surface area contributed by atoms with Crippen molar-refractivity contribution in [3.8, 4) is 0 Å². The maximum Gasteiger partial charge on any atom is 0.328 e. The van der Waals surface area contributed by atoms with Crippen molar-refractivity contribution >= 4 is 11.9 Å². The topological polar surface area (TPSA) is 86.6 Å². The molecule has 0 saturated carbocycles. The molecule has 5 heteroatoms. The second kappa shape index (κ2) is 8.32. The molecule has 1 rings (SSSR count). The number of carbonyl (C=O) groups excluding carboxylic acids is 1. The van der Waals surface area contributed by atoms with Gasteiger partial charge in [0.25, 0.3) is 0 Å². The van der Waals surface area contributed by atoms with Crippen LogP contribution in [0.4, 0.5) is 0 Å². The molecule has 0 fully saturated rings. The van der Waals surface area contributed by atoms with Gasteiger partial charge in [-0.15, -0.1) is 0 Å². The highest BCUT2D eigenvalue weighted by molar-refractivity contribution is 5.83. The predicted octanol–water partition coefficient (Wildman–Crippen LogP) is 1.13. The number of carboxylic acids is 1. The quantitative estimate of drug-likeness (QED) is 0.666. The molecule has 0 aliphatic rings. The number of carboxylic acid groups (broad SMARTS) is 1. The van der Waals surface area contributed by atoms with Gasteiger partial charge >= 0.3 is 5.97 Å². The van der Waals surface area contributed by atoms with Gasteiger partial charge in [0.15, 0.2) is 0 Å². The summed E-state index contributed by atoms with van der Waals surface area (Å²) in [5.41, 5.74) is 2.44. The Kier molecular flexibility index (Phi) is 6.73. The summed E-state index contributed by atoms with van der Waals surface area (Å²) >= 11 is 0. The van der Waals surface area contributed by atoms with Gasteiger partial charge < -0.3 is 15.5 Å². The lowest BCUT2D eigenvalue weighted by Gasteiger charge is -2.11. The fraction of sp³-hybridized carbons (Fsp3) is 0.467. The second-order valence-corrected chi connectivity index (χ2v) is 4.66. The molecule has 0 radical (unpaired) electrons. The monoisotopic (exact) mass is 279 g/mol. The third-order valence-electron chi connectivity index (χ3n) is 3.12. The van der Waals surface area contributed by atoms with E-state index in [1.165, 1.54) is 5.56 Å². The first-order valence-corrected chi connectivity index (χ1v) is 6.77. The van der Waals surface area contributed by atoms with Gasteiger partial charge in [-0.3, -0.25) is 4.79 Å².